The summed E-state index contributed by atoms with van der Waals surface area (Å²) in [6.45, 7) is 0. The summed E-state index contributed by atoms with van der Waals surface area (Å²) in [6, 6.07) is 13.2. The van der Waals surface area contributed by atoms with E-state index in [9.17, 15) is 0 Å². The third kappa shape index (κ3) is 2.70. The fraction of sp³-hybridized carbons (Fsp3) is 0. The number of hydrogen-bond donors (Lipinski definition) is 4. The molecule has 5 nitrogen and oxygen atoms in total. The molecular weight excluding hydrogens is 270 g/mol. The monoisotopic (exact) mass is 283 g/mol. The van der Waals surface area contributed by atoms with Gasteiger partial charge in [-0.15, -0.1) is 0 Å². The molecule has 0 bridgehead atoms. The van der Waals surface area contributed by atoms with Gasteiger partial charge in [-0.05, 0) is 54.7 Å². The zero-order valence-corrected chi connectivity index (χ0v) is 11.4. The van der Waals surface area contributed by atoms with Crippen LogP contribution in [0.1, 0.15) is 0 Å². The normalized spacial score (nSPS) is 10.4. The summed E-state index contributed by atoms with van der Waals surface area (Å²) in [6.07, 6.45) is 1.67. The third-order valence-electron chi connectivity index (χ3n) is 2.85. The van der Waals surface area contributed by atoms with Gasteiger partial charge in [0.05, 0.1) is 17.4 Å². The Kier molecular flexibility index (Phi) is 3.22. The SMILES string of the molecule is Nc1ccc(NC(=S)Nc2ccc3nc[nH]c3c2)cc1. The van der Waals surface area contributed by atoms with Crippen molar-refractivity contribution in [1.29, 1.82) is 0 Å². The summed E-state index contributed by atoms with van der Waals surface area (Å²) in [5, 5.41) is 6.75. The number of nitrogens with two attached hydrogens (primary N) is 1. The third-order valence-corrected chi connectivity index (χ3v) is 3.05. The number of imidazole rings is 1. The molecular formula is C14H13N5S. The molecule has 0 saturated heterocycles. The highest BCUT2D eigenvalue weighted by atomic mass is 32.1. The number of hydrogen-bond acceptors (Lipinski definition) is 3. The fourth-order valence-corrected chi connectivity index (χ4v) is 2.11. The lowest BCUT2D eigenvalue weighted by molar-refractivity contribution is 1.34. The number of anilines is 3. The molecule has 0 amide bonds. The Labute approximate surface area is 121 Å². The fourth-order valence-electron chi connectivity index (χ4n) is 1.87. The van der Waals surface area contributed by atoms with Crippen LogP contribution in [0.3, 0.4) is 0 Å². The highest BCUT2D eigenvalue weighted by molar-refractivity contribution is 7.80. The topological polar surface area (TPSA) is 78.8 Å². The molecule has 100 valence electrons. The lowest BCUT2D eigenvalue weighted by Crippen LogP contribution is -2.18. The molecule has 0 unspecified atom stereocenters. The molecule has 0 saturated carbocycles. The van der Waals surface area contributed by atoms with Crippen molar-refractivity contribution in [2.75, 3.05) is 16.4 Å². The Balaban J connectivity index is 1.70. The van der Waals surface area contributed by atoms with E-state index >= 15 is 0 Å². The Morgan fingerprint density at radius 3 is 2.55 bits per heavy atom. The maximum Gasteiger partial charge on any atom is 0.175 e. The molecule has 0 atom stereocenters. The van der Waals surface area contributed by atoms with E-state index in [0.29, 0.717) is 5.11 Å². The number of H-pyrrole nitrogens is 1. The minimum absolute atomic E-state index is 0.522. The zero-order valence-electron chi connectivity index (χ0n) is 10.6. The van der Waals surface area contributed by atoms with Crippen molar-refractivity contribution < 1.29 is 0 Å². The van der Waals surface area contributed by atoms with E-state index in [4.69, 9.17) is 18.0 Å². The number of thiocarbonyl (C=S) groups is 1. The number of benzene rings is 2. The van der Waals surface area contributed by atoms with Crippen molar-refractivity contribution in [2.24, 2.45) is 0 Å². The van der Waals surface area contributed by atoms with Gasteiger partial charge in [-0.2, -0.15) is 0 Å². The van der Waals surface area contributed by atoms with E-state index < -0.39 is 0 Å². The lowest BCUT2D eigenvalue weighted by atomic mass is 10.3. The van der Waals surface area contributed by atoms with Crippen molar-refractivity contribution in [3.63, 3.8) is 0 Å². The maximum absolute atomic E-state index is 5.64. The van der Waals surface area contributed by atoms with Crippen LogP contribution < -0.4 is 16.4 Å². The van der Waals surface area contributed by atoms with Gasteiger partial charge in [-0.1, -0.05) is 0 Å². The van der Waals surface area contributed by atoms with Crippen LogP contribution in [0, 0.1) is 0 Å². The number of nitrogen functional groups attached to an aromatic ring is 1. The molecule has 5 N–H and O–H groups in total. The van der Waals surface area contributed by atoms with Gasteiger partial charge in [-0.25, -0.2) is 4.98 Å². The second kappa shape index (κ2) is 5.18. The van der Waals surface area contributed by atoms with Crippen LogP contribution in [0.4, 0.5) is 17.1 Å². The van der Waals surface area contributed by atoms with Gasteiger partial charge in [-0.3, -0.25) is 0 Å². The standard InChI is InChI=1S/C14H13N5S/c15-9-1-3-10(4-2-9)18-14(20)19-11-5-6-12-13(7-11)17-8-16-12/h1-8H,15H2,(H,16,17)(H2,18,19,20). The van der Waals surface area contributed by atoms with Crippen molar-refractivity contribution in [3.8, 4) is 0 Å². The first kappa shape index (κ1) is 12.4. The Bertz CT molecular complexity index is 748. The number of fused-ring (bicyclic) bond motifs is 1. The van der Waals surface area contributed by atoms with Crippen LogP contribution in [0.2, 0.25) is 0 Å². The summed E-state index contributed by atoms with van der Waals surface area (Å²) < 4.78 is 0. The average molecular weight is 283 g/mol. The number of aromatic amines is 1. The minimum Gasteiger partial charge on any atom is -0.399 e. The quantitative estimate of drug-likeness (QED) is 0.429. The van der Waals surface area contributed by atoms with Gasteiger partial charge >= 0.3 is 0 Å². The van der Waals surface area contributed by atoms with E-state index in [1.165, 1.54) is 0 Å². The predicted molar refractivity (Wildman–Crippen MR) is 86.8 cm³/mol. The van der Waals surface area contributed by atoms with Crippen LogP contribution in [-0.4, -0.2) is 15.1 Å². The highest BCUT2D eigenvalue weighted by Gasteiger charge is 2.01. The number of aromatic nitrogens is 2. The molecule has 6 heteroatoms. The smallest absolute Gasteiger partial charge is 0.175 e. The second-order valence-corrected chi connectivity index (χ2v) is 4.74. The van der Waals surface area contributed by atoms with E-state index in [2.05, 4.69) is 20.6 Å². The molecule has 0 aliphatic heterocycles. The van der Waals surface area contributed by atoms with Gasteiger partial charge < -0.3 is 21.4 Å². The van der Waals surface area contributed by atoms with E-state index in [0.717, 1.165) is 28.1 Å². The van der Waals surface area contributed by atoms with Gasteiger partial charge in [0, 0.05) is 17.1 Å². The Morgan fingerprint density at radius 2 is 1.75 bits per heavy atom. The van der Waals surface area contributed by atoms with Gasteiger partial charge in [0.2, 0.25) is 0 Å². The lowest BCUT2D eigenvalue weighted by Gasteiger charge is -2.10. The summed E-state index contributed by atoms with van der Waals surface area (Å²) in [7, 11) is 0. The maximum atomic E-state index is 5.64. The van der Waals surface area contributed by atoms with Crippen LogP contribution in [0.5, 0.6) is 0 Å². The van der Waals surface area contributed by atoms with E-state index in [1.807, 2.05) is 42.5 Å². The van der Waals surface area contributed by atoms with E-state index in [1.54, 1.807) is 6.33 Å². The molecule has 0 aliphatic rings. The molecule has 0 spiro atoms. The first-order valence-corrected chi connectivity index (χ1v) is 6.48. The molecule has 2 aromatic carbocycles. The first-order chi connectivity index (χ1) is 9.70. The highest BCUT2D eigenvalue weighted by Crippen LogP contribution is 2.16. The van der Waals surface area contributed by atoms with Crippen molar-refractivity contribution in [2.45, 2.75) is 0 Å². The minimum atomic E-state index is 0.522. The van der Waals surface area contributed by atoms with Crippen LogP contribution in [-0.2, 0) is 0 Å². The molecule has 3 rings (SSSR count). The Morgan fingerprint density at radius 1 is 1.05 bits per heavy atom. The van der Waals surface area contributed by atoms with Crippen molar-refractivity contribution in [1.82, 2.24) is 9.97 Å². The average Bonchev–Trinajstić information content (AvgIpc) is 2.89. The summed E-state index contributed by atoms with van der Waals surface area (Å²) in [4.78, 5) is 7.23. The van der Waals surface area contributed by atoms with Crippen molar-refractivity contribution in [3.05, 3.63) is 48.8 Å². The van der Waals surface area contributed by atoms with Crippen molar-refractivity contribution >= 4 is 45.4 Å². The number of rotatable bonds is 2. The van der Waals surface area contributed by atoms with Crippen LogP contribution in [0.15, 0.2) is 48.8 Å². The molecule has 0 radical (unpaired) electrons. The van der Waals surface area contributed by atoms with Gasteiger partial charge in [0.25, 0.3) is 0 Å². The second-order valence-electron chi connectivity index (χ2n) is 4.34. The molecule has 3 aromatic rings. The van der Waals surface area contributed by atoms with Crippen LogP contribution in [0.25, 0.3) is 11.0 Å². The summed E-state index contributed by atoms with van der Waals surface area (Å²) in [5.74, 6) is 0. The largest absolute Gasteiger partial charge is 0.399 e. The molecule has 0 fully saturated rings. The Hall–Kier alpha value is -2.60. The number of nitrogens with zero attached hydrogens (tertiary/aromatic N) is 1. The molecule has 1 heterocycles. The van der Waals surface area contributed by atoms with Crippen LogP contribution >= 0.6 is 12.2 Å². The number of nitrogens with one attached hydrogen (secondary N) is 3. The first-order valence-electron chi connectivity index (χ1n) is 6.07. The molecule has 0 aliphatic carbocycles. The summed E-state index contributed by atoms with van der Waals surface area (Å²) >= 11 is 5.27. The van der Waals surface area contributed by atoms with Gasteiger partial charge in [0.1, 0.15) is 0 Å². The molecule has 1 aromatic heterocycles. The molecule has 20 heavy (non-hydrogen) atoms. The summed E-state index contributed by atoms with van der Waals surface area (Å²) in [5.41, 5.74) is 10.0. The zero-order chi connectivity index (χ0) is 13.9. The van der Waals surface area contributed by atoms with E-state index in [-0.39, 0.29) is 0 Å². The predicted octanol–water partition coefficient (Wildman–Crippen LogP) is 2.95. The van der Waals surface area contributed by atoms with Gasteiger partial charge in [0.15, 0.2) is 5.11 Å².